The molecule has 1 amide bonds. The average Bonchev–Trinajstić information content (AvgIpc) is 2.23. The minimum Gasteiger partial charge on any atom is -0.368 e. The second kappa shape index (κ2) is 6.20. The van der Waals surface area contributed by atoms with Gasteiger partial charge in [0.05, 0.1) is 0 Å². The number of hydrogen-bond donors (Lipinski definition) is 3. The standard InChI is InChI=1S/C11H15ClN4O/c1-7-5-10(12)16-11(9(7)6-13)15-4-3-14-8(2)17/h5-6,13H,3-4H2,1-2H3,(H,14,17)(H,15,16). The van der Waals surface area contributed by atoms with E-state index in [0.717, 1.165) is 5.56 Å². The van der Waals surface area contributed by atoms with Crippen molar-refractivity contribution in [2.75, 3.05) is 18.4 Å². The van der Waals surface area contributed by atoms with Gasteiger partial charge in [0.2, 0.25) is 5.91 Å². The van der Waals surface area contributed by atoms with Gasteiger partial charge >= 0.3 is 0 Å². The molecule has 0 fully saturated rings. The second-order valence-corrected chi connectivity index (χ2v) is 3.97. The topological polar surface area (TPSA) is 77.9 Å². The molecule has 0 aromatic carbocycles. The SMILES string of the molecule is CC(=O)NCCNc1nc(Cl)cc(C)c1C=N. The maximum atomic E-state index is 10.7. The van der Waals surface area contributed by atoms with Crippen molar-refractivity contribution in [3.63, 3.8) is 0 Å². The van der Waals surface area contributed by atoms with E-state index in [4.69, 9.17) is 17.0 Å². The van der Waals surface area contributed by atoms with Crippen LogP contribution in [0.1, 0.15) is 18.1 Å². The summed E-state index contributed by atoms with van der Waals surface area (Å²) in [7, 11) is 0. The van der Waals surface area contributed by atoms with E-state index in [1.165, 1.54) is 13.1 Å². The quantitative estimate of drug-likeness (QED) is 0.424. The molecule has 3 N–H and O–H groups in total. The maximum Gasteiger partial charge on any atom is 0.216 e. The molecule has 1 aromatic heterocycles. The van der Waals surface area contributed by atoms with Crippen molar-refractivity contribution in [3.05, 3.63) is 22.3 Å². The van der Waals surface area contributed by atoms with Gasteiger partial charge in [-0.1, -0.05) is 11.6 Å². The Morgan fingerprint density at radius 2 is 2.29 bits per heavy atom. The normalized spacial score (nSPS) is 9.82. The van der Waals surface area contributed by atoms with Crippen molar-refractivity contribution >= 4 is 29.5 Å². The number of rotatable bonds is 5. The lowest BCUT2D eigenvalue weighted by atomic mass is 10.1. The zero-order valence-corrected chi connectivity index (χ0v) is 10.6. The summed E-state index contributed by atoms with van der Waals surface area (Å²) >= 11 is 5.85. The summed E-state index contributed by atoms with van der Waals surface area (Å²) < 4.78 is 0. The van der Waals surface area contributed by atoms with Gasteiger partial charge in [-0.2, -0.15) is 0 Å². The highest BCUT2D eigenvalue weighted by atomic mass is 35.5. The molecule has 0 aliphatic carbocycles. The Bertz CT molecular complexity index is 434. The monoisotopic (exact) mass is 254 g/mol. The van der Waals surface area contributed by atoms with Gasteiger partial charge in [0.15, 0.2) is 0 Å². The van der Waals surface area contributed by atoms with Crippen LogP contribution in [0.2, 0.25) is 5.15 Å². The number of halogens is 1. The molecule has 1 heterocycles. The summed E-state index contributed by atoms with van der Waals surface area (Å²) in [5, 5.41) is 13.4. The van der Waals surface area contributed by atoms with Gasteiger partial charge in [-0.25, -0.2) is 4.98 Å². The fraction of sp³-hybridized carbons (Fsp3) is 0.364. The molecule has 0 radical (unpaired) electrons. The Morgan fingerprint density at radius 3 is 2.88 bits per heavy atom. The molecule has 1 rings (SSSR count). The Kier molecular flexibility index (Phi) is 4.90. The predicted octanol–water partition coefficient (Wildman–Crippen LogP) is 1.59. The van der Waals surface area contributed by atoms with Crippen LogP contribution in [-0.2, 0) is 4.79 Å². The predicted molar refractivity (Wildman–Crippen MR) is 69.0 cm³/mol. The Morgan fingerprint density at radius 1 is 1.59 bits per heavy atom. The number of hydrogen-bond acceptors (Lipinski definition) is 4. The van der Waals surface area contributed by atoms with E-state index < -0.39 is 0 Å². The highest BCUT2D eigenvalue weighted by Gasteiger charge is 2.06. The summed E-state index contributed by atoms with van der Waals surface area (Å²) in [4.78, 5) is 14.8. The zero-order valence-electron chi connectivity index (χ0n) is 9.80. The van der Waals surface area contributed by atoms with Gasteiger partial charge in [-0.05, 0) is 18.6 Å². The maximum absolute atomic E-state index is 10.7. The lowest BCUT2D eigenvalue weighted by Gasteiger charge is -2.11. The van der Waals surface area contributed by atoms with Gasteiger partial charge in [0.1, 0.15) is 11.0 Å². The van der Waals surface area contributed by atoms with Crippen LogP contribution < -0.4 is 10.6 Å². The van der Waals surface area contributed by atoms with E-state index in [1.807, 2.05) is 6.92 Å². The molecule has 1 aromatic rings. The average molecular weight is 255 g/mol. The number of aryl methyl sites for hydroxylation is 1. The van der Waals surface area contributed by atoms with Gasteiger partial charge in [-0.3, -0.25) is 4.79 Å². The van der Waals surface area contributed by atoms with E-state index >= 15 is 0 Å². The molecule has 92 valence electrons. The molecule has 0 saturated carbocycles. The van der Waals surface area contributed by atoms with Crippen molar-refractivity contribution in [2.24, 2.45) is 0 Å². The number of carbonyl (C=O) groups excluding carboxylic acids is 1. The third-order valence-electron chi connectivity index (χ3n) is 2.17. The van der Waals surface area contributed by atoms with E-state index in [2.05, 4.69) is 15.6 Å². The van der Waals surface area contributed by atoms with Crippen LogP contribution in [0.3, 0.4) is 0 Å². The summed E-state index contributed by atoms with van der Waals surface area (Å²) in [5.74, 6) is 0.490. The van der Waals surface area contributed by atoms with Crippen molar-refractivity contribution in [1.82, 2.24) is 10.3 Å². The molecule has 0 aliphatic rings. The molecule has 0 atom stereocenters. The van der Waals surface area contributed by atoms with Crippen molar-refractivity contribution in [3.8, 4) is 0 Å². The molecule has 0 unspecified atom stereocenters. The van der Waals surface area contributed by atoms with Gasteiger partial charge in [-0.15, -0.1) is 0 Å². The molecular formula is C11H15ClN4O. The Balaban J connectivity index is 2.69. The van der Waals surface area contributed by atoms with Crippen LogP contribution in [0, 0.1) is 12.3 Å². The van der Waals surface area contributed by atoms with E-state index in [0.29, 0.717) is 29.6 Å². The number of pyridine rings is 1. The minimum atomic E-state index is -0.0747. The summed E-state index contributed by atoms with van der Waals surface area (Å²) in [5.41, 5.74) is 1.60. The van der Waals surface area contributed by atoms with Gasteiger partial charge < -0.3 is 16.0 Å². The van der Waals surface area contributed by atoms with Gasteiger partial charge in [0, 0.05) is 31.8 Å². The fourth-order valence-electron chi connectivity index (χ4n) is 1.38. The number of anilines is 1. The Labute approximate surface area is 105 Å². The second-order valence-electron chi connectivity index (χ2n) is 3.58. The van der Waals surface area contributed by atoms with Crippen molar-refractivity contribution < 1.29 is 4.79 Å². The van der Waals surface area contributed by atoms with E-state index in [1.54, 1.807) is 6.07 Å². The zero-order chi connectivity index (χ0) is 12.8. The third-order valence-corrected chi connectivity index (χ3v) is 2.36. The van der Waals surface area contributed by atoms with Crippen LogP contribution in [0.4, 0.5) is 5.82 Å². The summed E-state index contributed by atoms with van der Waals surface area (Å²) in [6, 6.07) is 1.71. The van der Waals surface area contributed by atoms with Crippen LogP contribution in [0.15, 0.2) is 6.07 Å². The highest BCUT2D eigenvalue weighted by molar-refractivity contribution is 6.29. The third kappa shape index (κ3) is 4.03. The number of nitrogens with one attached hydrogen (secondary N) is 3. The van der Waals surface area contributed by atoms with E-state index in [9.17, 15) is 4.79 Å². The number of amides is 1. The lowest BCUT2D eigenvalue weighted by molar-refractivity contribution is -0.118. The highest BCUT2D eigenvalue weighted by Crippen LogP contribution is 2.19. The summed E-state index contributed by atoms with van der Waals surface area (Å²) in [6.07, 6.45) is 1.24. The number of carbonyl (C=O) groups is 1. The first-order valence-electron chi connectivity index (χ1n) is 5.20. The van der Waals surface area contributed by atoms with Crippen molar-refractivity contribution in [2.45, 2.75) is 13.8 Å². The minimum absolute atomic E-state index is 0.0747. The lowest BCUT2D eigenvalue weighted by Crippen LogP contribution is -2.26. The molecule has 0 aliphatic heterocycles. The number of aromatic nitrogens is 1. The molecule has 17 heavy (non-hydrogen) atoms. The van der Waals surface area contributed by atoms with Gasteiger partial charge in [0.25, 0.3) is 0 Å². The first-order chi connectivity index (χ1) is 8.04. The fourth-order valence-corrected chi connectivity index (χ4v) is 1.63. The molecular weight excluding hydrogens is 240 g/mol. The molecule has 0 spiro atoms. The van der Waals surface area contributed by atoms with E-state index in [-0.39, 0.29) is 5.91 Å². The molecule has 6 heteroatoms. The molecule has 5 nitrogen and oxygen atoms in total. The van der Waals surface area contributed by atoms with Crippen LogP contribution in [0.5, 0.6) is 0 Å². The molecule has 0 saturated heterocycles. The number of nitrogens with zero attached hydrogens (tertiary/aromatic N) is 1. The first kappa shape index (κ1) is 13.4. The first-order valence-corrected chi connectivity index (χ1v) is 5.58. The van der Waals surface area contributed by atoms with Crippen LogP contribution in [0.25, 0.3) is 0 Å². The Hall–Kier alpha value is -1.62. The van der Waals surface area contributed by atoms with Crippen LogP contribution in [-0.4, -0.2) is 30.2 Å². The molecule has 0 bridgehead atoms. The summed E-state index contributed by atoms with van der Waals surface area (Å²) in [6.45, 7) is 4.37. The smallest absolute Gasteiger partial charge is 0.216 e. The largest absolute Gasteiger partial charge is 0.368 e. The van der Waals surface area contributed by atoms with Crippen LogP contribution >= 0.6 is 11.6 Å². The van der Waals surface area contributed by atoms with Crippen molar-refractivity contribution in [1.29, 1.82) is 5.41 Å².